The third-order valence-electron chi connectivity index (χ3n) is 3.91. The van der Waals surface area contributed by atoms with E-state index in [0.717, 1.165) is 49.7 Å². The Bertz CT molecular complexity index is 584. The molecule has 112 valence electrons. The highest BCUT2D eigenvalue weighted by atomic mass is 16.5. The second kappa shape index (κ2) is 6.13. The molecule has 6 nitrogen and oxygen atoms in total. The van der Waals surface area contributed by atoms with Gasteiger partial charge in [-0.05, 0) is 12.1 Å². The van der Waals surface area contributed by atoms with E-state index >= 15 is 0 Å². The number of H-pyrrole nitrogens is 1. The molecule has 1 fully saturated rings. The molecule has 1 aliphatic rings. The maximum absolute atomic E-state index is 11.2. The number of hydrogen-bond acceptors (Lipinski definition) is 5. The number of carbonyl (C=O) groups excluding carboxylic acids is 1. The van der Waals surface area contributed by atoms with Gasteiger partial charge in [-0.3, -0.25) is 9.69 Å². The van der Waals surface area contributed by atoms with Gasteiger partial charge in [0.05, 0.1) is 24.6 Å². The van der Waals surface area contributed by atoms with Crippen molar-refractivity contribution < 1.29 is 9.53 Å². The Morgan fingerprint density at radius 2 is 2.05 bits per heavy atom. The zero-order chi connectivity index (χ0) is 14.7. The summed E-state index contributed by atoms with van der Waals surface area (Å²) in [5, 5.41) is 0. The highest BCUT2D eigenvalue weighted by molar-refractivity contribution is 5.77. The van der Waals surface area contributed by atoms with Gasteiger partial charge in [-0.15, -0.1) is 0 Å². The summed E-state index contributed by atoms with van der Waals surface area (Å²) in [6.07, 6.45) is 0.459. The Kier molecular flexibility index (Phi) is 4.06. The zero-order valence-electron chi connectivity index (χ0n) is 12.2. The van der Waals surface area contributed by atoms with Crippen LogP contribution < -0.4 is 4.90 Å². The lowest BCUT2D eigenvalue weighted by molar-refractivity contribution is -0.141. The van der Waals surface area contributed by atoms with E-state index in [1.54, 1.807) is 0 Å². The summed E-state index contributed by atoms with van der Waals surface area (Å²) in [5.41, 5.74) is 2.07. The highest BCUT2D eigenvalue weighted by Gasteiger charge is 2.19. The molecule has 0 bridgehead atoms. The second-order valence-corrected chi connectivity index (χ2v) is 5.23. The number of para-hydroxylation sites is 2. The summed E-state index contributed by atoms with van der Waals surface area (Å²) in [6.45, 7) is 4.48. The van der Waals surface area contributed by atoms with Crippen molar-refractivity contribution >= 4 is 23.0 Å². The third-order valence-corrected chi connectivity index (χ3v) is 3.91. The Balaban J connectivity index is 1.56. The van der Waals surface area contributed by atoms with Crippen molar-refractivity contribution in [3.8, 4) is 0 Å². The van der Waals surface area contributed by atoms with Gasteiger partial charge in [-0.25, -0.2) is 4.98 Å². The number of nitrogens with one attached hydrogen (secondary N) is 1. The van der Waals surface area contributed by atoms with E-state index < -0.39 is 0 Å². The van der Waals surface area contributed by atoms with E-state index in [2.05, 4.69) is 24.5 Å². The lowest BCUT2D eigenvalue weighted by Gasteiger charge is -2.34. The lowest BCUT2D eigenvalue weighted by atomic mass is 10.3. The first-order valence-corrected chi connectivity index (χ1v) is 7.25. The third kappa shape index (κ3) is 3.16. The molecular formula is C15H20N4O2. The number of piperazine rings is 1. The topological polar surface area (TPSA) is 61.5 Å². The largest absolute Gasteiger partial charge is 0.469 e. The zero-order valence-corrected chi connectivity index (χ0v) is 12.2. The van der Waals surface area contributed by atoms with Gasteiger partial charge in [0.2, 0.25) is 5.95 Å². The standard InChI is InChI=1S/C15H20N4O2/c1-21-14(20)6-7-18-8-10-19(11-9-18)15-16-12-4-2-3-5-13(12)17-15/h2-5H,6-11H2,1H3,(H,16,17). The predicted molar refractivity (Wildman–Crippen MR) is 81.4 cm³/mol. The Hall–Kier alpha value is -2.08. The number of methoxy groups -OCH3 is 1. The van der Waals surface area contributed by atoms with E-state index in [9.17, 15) is 4.79 Å². The monoisotopic (exact) mass is 288 g/mol. The van der Waals surface area contributed by atoms with Crippen molar-refractivity contribution in [2.45, 2.75) is 6.42 Å². The first kappa shape index (κ1) is 13.9. The van der Waals surface area contributed by atoms with Crippen molar-refractivity contribution in [3.05, 3.63) is 24.3 Å². The number of rotatable bonds is 4. The van der Waals surface area contributed by atoms with Gasteiger partial charge in [0.15, 0.2) is 0 Å². The minimum atomic E-state index is -0.144. The van der Waals surface area contributed by atoms with Crippen LogP contribution in [-0.4, -0.2) is 60.7 Å². The summed E-state index contributed by atoms with van der Waals surface area (Å²) in [5.74, 6) is 0.790. The number of aromatic amines is 1. The van der Waals surface area contributed by atoms with Crippen molar-refractivity contribution in [1.29, 1.82) is 0 Å². The Labute approximate surface area is 123 Å². The van der Waals surface area contributed by atoms with Gasteiger partial charge >= 0.3 is 5.97 Å². The van der Waals surface area contributed by atoms with E-state index in [1.807, 2.05) is 24.3 Å². The van der Waals surface area contributed by atoms with Crippen LogP contribution in [0.4, 0.5) is 5.95 Å². The molecule has 0 atom stereocenters. The highest BCUT2D eigenvalue weighted by Crippen LogP contribution is 2.18. The Morgan fingerprint density at radius 3 is 2.76 bits per heavy atom. The first-order chi connectivity index (χ1) is 10.3. The number of hydrogen-bond donors (Lipinski definition) is 1. The molecule has 0 radical (unpaired) electrons. The summed E-state index contributed by atoms with van der Waals surface area (Å²) in [4.78, 5) is 23.7. The lowest BCUT2D eigenvalue weighted by Crippen LogP contribution is -2.47. The molecule has 1 saturated heterocycles. The number of ether oxygens (including phenoxy) is 1. The van der Waals surface area contributed by atoms with Crippen LogP contribution >= 0.6 is 0 Å². The molecule has 0 aliphatic carbocycles. The predicted octanol–water partition coefficient (Wildman–Crippen LogP) is 1.25. The van der Waals surface area contributed by atoms with Crippen molar-refractivity contribution in [1.82, 2.24) is 14.9 Å². The van der Waals surface area contributed by atoms with Gasteiger partial charge in [-0.1, -0.05) is 12.1 Å². The molecular weight excluding hydrogens is 268 g/mol. The molecule has 6 heteroatoms. The van der Waals surface area contributed by atoms with Crippen molar-refractivity contribution in [2.24, 2.45) is 0 Å². The number of benzene rings is 1. The van der Waals surface area contributed by atoms with Crippen LogP contribution in [0, 0.1) is 0 Å². The van der Waals surface area contributed by atoms with Gasteiger partial charge in [0, 0.05) is 32.7 Å². The number of anilines is 1. The molecule has 0 saturated carbocycles. The minimum absolute atomic E-state index is 0.144. The molecule has 2 aromatic rings. The smallest absolute Gasteiger partial charge is 0.306 e. The number of fused-ring (bicyclic) bond motifs is 1. The number of esters is 1. The van der Waals surface area contributed by atoms with Gasteiger partial charge in [-0.2, -0.15) is 0 Å². The number of carbonyl (C=O) groups is 1. The number of nitrogens with zero attached hydrogens (tertiary/aromatic N) is 3. The first-order valence-electron chi connectivity index (χ1n) is 7.25. The number of imidazole rings is 1. The average molecular weight is 288 g/mol. The summed E-state index contributed by atoms with van der Waals surface area (Å²) >= 11 is 0. The van der Waals surface area contributed by atoms with Crippen LogP contribution in [0.15, 0.2) is 24.3 Å². The quantitative estimate of drug-likeness (QED) is 0.858. The number of aromatic nitrogens is 2. The van der Waals surface area contributed by atoms with E-state index in [0.29, 0.717) is 6.42 Å². The fourth-order valence-electron chi connectivity index (χ4n) is 2.62. The molecule has 0 unspecified atom stereocenters. The second-order valence-electron chi connectivity index (χ2n) is 5.23. The summed E-state index contributed by atoms with van der Waals surface area (Å²) in [6, 6.07) is 8.06. The van der Waals surface area contributed by atoms with Crippen LogP contribution in [0.5, 0.6) is 0 Å². The molecule has 0 spiro atoms. The van der Waals surface area contributed by atoms with Crippen LogP contribution in [-0.2, 0) is 9.53 Å². The summed E-state index contributed by atoms with van der Waals surface area (Å²) < 4.78 is 4.67. The summed E-state index contributed by atoms with van der Waals surface area (Å²) in [7, 11) is 1.43. The fourth-order valence-corrected chi connectivity index (χ4v) is 2.62. The molecule has 3 rings (SSSR count). The van der Waals surface area contributed by atoms with E-state index in [1.165, 1.54) is 7.11 Å². The molecule has 1 aromatic heterocycles. The normalized spacial score (nSPS) is 16.3. The van der Waals surface area contributed by atoms with Crippen LogP contribution in [0.2, 0.25) is 0 Å². The van der Waals surface area contributed by atoms with Gasteiger partial charge < -0.3 is 14.6 Å². The average Bonchev–Trinajstić information content (AvgIpc) is 2.97. The SMILES string of the molecule is COC(=O)CCN1CCN(c2nc3ccccc3[nH]2)CC1. The van der Waals surface area contributed by atoms with E-state index in [4.69, 9.17) is 0 Å². The van der Waals surface area contributed by atoms with Crippen molar-refractivity contribution in [3.63, 3.8) is 0 Å². The van der Waals surface area contributed by atoms with Crippen LogP contribution in [0.1, 0.15) is 6.42 Å². The maximum Gasteiger partial charge on any atom is 0.306 e. The maximum atomic E-state index is 11.2. The van der Waals surface area contributed by atoms with Crippen LogP contribution in [0.25, 0.3) is 11.0 Å². The molecule has 21 heavy (non-hydrogen) atoms. The minimum Gasteiger partial charge on any atom is -0.469 e. The van der Waals surface area contributed by atoms with Crippen molar-refractivity contribution in [2.75, 3.05) is 44.7 Å². The molecule has 1 aliphatic heterocycles. The van der Waals surface area contributed by atoms with E-state index in [-0.39, 0.29) is 5.97 Å². The molecule has 1 aromatic carbocycles. The molecule has 2 heterocycles. The van der Waals surface area contributed by atoms with Crippen LogP contribution in [0.3, 0.4) is 0 Å². The fraction of sp³-hybridized carbons (Fsp3) is 0.467. The van der Waals surface area contributed by atoms with Gasteiger partial charge in [0.25, 0.3) is 0 Å². The molecule has 0 amide bonds. The van der Waals surface area contributed by atoms with Gasteiger partial charge in [0.1, 0.15) is 0 Å². The molecule has 1 N–H and O–H groups in total. The Morgan fingerprint density at radius 1 is 1.29 bits per heavy atom.